The van der Waals surface area contributed by atoms with Gasteiger partial charge in [-0.1, -0.05) is 6.07 Å². The predicted octanol–water partition coefficient (Wildman–Crippen LogP) is 0.581. The third-order valence-corrected chi connectivity index (χ3v) is 3.41. The van der Waals surface area contributed by atoms with Crippen LogP contribution in [0.2, 0.25) is 0 Å². The van der Waals surface area contributed by atoms with Gasteiger partial charge < -0.3 is 15.7 Å². The van der Waals surface area contributed by atoms with Crippen LogP contribution in [0, 0.1) is 0 Å². The fraction of sp³-hybridized carbons (Fsp3) is 0.615. The predicted molar refractivity (Wildman–Crippen MR) is 67.7 cm³/mol. The first kappa shape index (κ1) is 12.5. The van der Waals surface area contributed by atoms with Crippen molar-refractivity contribution in [3.8, 4) is 0 Å². The number of nitrogens with zero attached hydrogens (tertiary/aromatic N) is 2. The molecule has 0 aromatic carbocycles. The Morgan fingerprint density at radius 1 is 1.47 bits per heavy atom. The Morgan fingerprint density at radius 3 is 3.00 bits per heavy atom. The Balaban J connectivity index is 1.92. The highest BCUT2D eigenvalue weighted by Gasteiger charge is 2.29. The standard InChI is InChI=1S/C13H21N3O/c14-6-3-8-16-9-5-11(13(17)10-16)12-4-1-2-7-15-12/h1-2,4,7,11,13,17H,3,5-6,8-10,14H2. The minimum atomic E-state index is -0.309. The molecule has 2 rings (SSSR count). The molecule has 1 aromatic rings. The zero-order chi connectivity index (χ0) is 12.1. The van der Waals surface area contributed by atoms with Crippen LogP contribution in [0.3, 0.4) is 0 Å². The van der Waals surface area contributed by atoms with Gasteiger partial charge in [-0.2, -0.15) is 0 Å². The number of rotatable bonds is 4. The summed E-state index contributed by atoms with van der Waals surface area (Å²) in [6, 6.07) is 5.89. The molecule has 1 aliphatic rings. The van der Waals surface area contributed by atoms with Crippen LogP contribution in [0.15, 0.2) is 24.4 Å². The molecular formula is C13H21N3O. The van der Waals surface area contributed by atoms with Crippen molar-refractivity contribution in [2.24, 2.45) is 5.73 Å². The second-order valence-electron chi connectivity index (χ2n) is 4.66. The highest BCUT2D eigenvalue weighted by molar-refractivity contribution is 5.12. The molecule has 17 heavy (non-hydrogen) atoms. The fourth-order valence-corrected chi connectivity index (χ4v) is 2.46. The SMILES string of the molecule is NCCCN1CCC(c2ccccn2)C(O)C1. The number of likely N-dealkylation sites (tertiary alicyclic amines) is 1. The molecule has 3 N–H and O–H groups in total. The lowest BCUT2D eigenvalue weighted by molar-refractivity contribution is 0.0498. The van der Waals surface area contributed by atoms with Crippen molar-refractivity contribution in [1.82, 2.24) is 9.88 Å². The molecule has 0 amide bonds. The van der Waals surface area contributed by atoms with Crippen LogP contribution in [0.1, 0.15) is 24.5 Å². The van der Waals surface area contributed by atoms with Gasteiger partial charge in [0.15, 0.2) is 0 Å². The summed E-state index contributed by atoms with van der Waals surface area (Å²) in [6.07, 6.45) is 3.46. The number of pyridine rings is 1. The van der Waals surface area contributed by atoms with E-state index in [1.54, 1.807) is 6.20 Å². The summed E-state index contributed by atoms with van der Waals surface area (Å²) in [5.41, 5.74) is 6.51. The number of nitrogens with two attached hydrogens (primary N) is 1. The van der Waals surface area contributed by atoms with Gasteiger partial charge in [-0.15, -0.1) is 0 Å². The van der Waals surface area contributed by atoms with E-state index < -0.39 is 0 Å². The normalized spacial score (nSPS) is 26.0. The number of hydrogen-bond donors (Lipinski definition) is 2. The fourth-order valence-electron chi connectivity index (χ4n) is 2.46. The molecule has 0 saturated carbocycles. The molecule has 94 valence electrons. The lowest BCUT2D eigenvalue weighted by atomic mass is 9.90. The number of hydrogen-bond acceptors (Lipinski definition) is 4. The highest BCUT2D eigenvalue weighted by Crippen LogP contribution is 2.26. The number of piperidine rings is 1. The largest absolute Gasteiger partial charge is 0.391 e. The molecule has 0 bridgehead atoms. The second kappa shape index (κ2) is 6.10. The lowest BCUT2D eigenvalue weighted by Gasteiger charge is -2.35. The average molecular weight is 235 g/mol. The lowest BCUT2D eigenvalue weighted by Crippen LogP contribution is -2.43. The maximum absolute atomic E-state index is 10.2. The molecule has 2 unspecified atom stereocenters. The van der Waals surface area contributed by atoms with E-state index >= 15 is 0 Å². The Kier molecular flexibility index (Phi) is 4.48. The van der Waals surface area contributed by atoms with Gasteiger partial charge in [0.2, 0.25) is 0 Å². The van der Waals surface area contributed by atoms with Gasteiger partial charge in [-0.05, 0) is 44.6 Å². The van der Waals surface area contributed by atoms with E-state index in [9.17, 15) is 5.11 Å². The average Bonchev–Trinajstić information content (AvgIpc) is 2.37. The van der Waals surface area contributed by atoms with Gasteiger partial charge in [0.25, 0.3) is 0 Å². The van der Waals surface area contributed by atoms with E-state index in [1.807, 2.05) is 18.2 Å². The van der Waals surface area contributed by atoms with E-state index in [0.29, 0.717) is 0 Å². The molecule has 2 heterocycles. The summed E-state index contributed by atoms with van der Waals surface area (Å²) in [5.74, 6) is 0.185. The Morgan fingerprint density at radius 2 is 2.35 bits per heavy atom. The molecule has 0 aliphatic carbocycles. The van der Waals surface area contributed by atoms with Gasteiger partial charge in [0.05, 0.1) is 6.10 Å². The van der Waals surface area contributed by atoms with Crippen molar-refractivity contribution in [3.05, 3.63) is 30.1 Å². The molecule has 1 saturated heterocycles. The maximum Gasteiger partial charge on any atom is 0.0751 e. The summed E-state index contributed by atoms with van der Waals surface area (Å²) in [6.45, 7) is 3.47. The van der Waals surface area contributed by atoms with Gasteiger partial charge in [-0.25, -0.2) is 0 Å². The van der Waals surface area contributed by atoms with Crippen molar-refractivity contribution >= 4 is 0 Å². The molecule has 2 atom stereocenters. The van der Waals surface area contributed by atoms with Crippen LogP contribution < -0.4 is 5.73 Å². The van der Waals surface area contributed by atoms with E-state index in [4.69, 9.17) is 5.73 Å². The van der Waals surface area contributed by atoms with Crippen molar-refractivity contribution in [2.75, 3.05) is 26.2 Å². The maximum atomic E-state index is 10.2. The first-order chi connectivity index (χ1) is 8.31. The van der Waals surface area contributed by atoms with E-state index in [0.717, 1.165) is 44.7 Å². The highest BCUT2D eigenvalue weighted by atomic mass is 16.3. The minimum Gasteiger partial charge on any atom is -0.391 e. The first-order valence-electron chi connectivity index (χ1n) is 6.32. The Hall–Kier alpha value is -0.970. The van der Waals surface area contributed by atoms with Crippen LogP contribution >= 0.6 is 0 Å². The number of β-amino-alcohol motifs (C(OH)–C–C–N with tert-alkyl or cyclic N) is 1. The summed E-state index contributed by atoms with van der Waals surface area (Å²) in [4.78, 5) is 6.63. The molecule has 1 aromatic heterocycles. The quantitative estimate of drug-likeness (QED) is 0.801. The third kappa shape index (κ3) is 3.25. The molecule has 0 radical (unpaired) electrons. The van der Waals surface area contributed by atoms with Crippen LogP contribution in [-0.4, -0.2) is 47.3 Å². The smallest absolute Gasteiger partial charge is 0.0751 e. The summed E-state index contributed by atoms with van der Waals surface area (Å²) >= 11 is 0. The molecule has 1 aliphatic heterocycles. The van der Waals surface area contributed by atoms with Gasteiger partial charge in [0, 0.05) is 24.4 Å². The summed E-state index contributed by atoms with van der Waals surface area (Å²) < 4.78 is 0. The second-order valence-corrected chi connectivity index (χ2v) is 4.66. The van der Waals surface area contributed by atoms with Crippen LogP contribution in [0.4, 0.5) is 0 Å². The van der Waals surface area contributed by atoms with Crippen LogP contribution in [0.5, 0.6) is 0 Å². The molecule has 1 fully saturated rings. The number of aliphatic hydroxyl groups is 1. The zero-order valence-corrected chi connectivity index (χ0v) is 10.1. The topological polar surface area (TPSA) is 62.4 Å². The van der Waals surface area contributed by atoms with Gasteiger partial charge in [-0.3, -0.25) is 4.98 Å². The third-order valence-electron chi connectivity index (χ3n) is 3.41. The van der Waals surface area contributed by atoms with Crippen LogP contribution in [-0.2, 0) is 0 Å². The van der Waals surface area contributed by atoms with Gasteiger partial charge in [0.1, 0.15) is 0 Å². The van der Waals surface area contributed by atoms with E-state index in [2.05, 4.69) is 9.88 Å². The molecule has 4 heteroatoms. The number of aromatic nitrogens is 1. The summed E-state index contributed by atoms with van der Waals surface area (Å²) in [5, 5.41) is 10.2. The molecule has 0 spiro atoms. The van der Waals surface area contributed by atoms with E-state index in [-0.39, 0.29) is 12.0 Å². The Labute approximate surface area is 102 Å². The minimum absolute atomic E-state index is 0.185. The van der Waals surface area contributed by atoms with E-state index in [1.165, 1.54) is 0 Å². The Bertz CT molecular complexity index is 331. The number of aliphatic hydroxyl groups excluding tert-OH is 1. The van der Waals surface area contributed by atoms with Crippen molar-refractivity contribution in [2.45, 2.75) is 24.9 Å². The van der Waals surface area contributed by atoms with Crippen molar-refractivity contribution < 1.29 is 5.11 Å². The molecule has 4 nitrogen and oxygen atoms in total. The first-order valence-corrected chi connectivity index (χ1v) is 6.32. The van der Waals surface area contributed by atoms with Crippen LogP contribution in [0.25, 0.3) is 0 Å². The zero-order valence-electron chi connectivity index (χ0n) is 10.1. The van der Waals surface area contributed by atoms with Crippen molar-refractivity contribution in [3.63, 3.8) is 0 Å². The van der Waals surface area contributed by atoms with Crippen molar-refractivity contribution in [1.29, 1.82) is 0 Å². The monoisotopic (exact) mass is 235 g/mol. The molecular weight excluding hydrogens is 214 g/mol. The van der Waals surface area contributed by atoms with Gasteiger partial charge >= 0.3 is 0 Å². The summed E-state index contributed by atoms with van der Waals surface area (Å²) in [7, 11) is 0.